The van der Waals surface area contributed by atoms with E-state index in [1.807, 2.05) is 6.92 Å². The van der Waals surface area contributed by atoms with Crippen LogP contribution in [0.5, 0.6) is 0 Å². The van der Waals surface area contributed by atoms with Gasteiger partial charge in [-0.25, -0.2) is 4.39 Å². The van der Waals surface area contributed by atoms with Gasteiger partial charge in [-0.1, -0.05) is 0 Å². The van der Waals surface area contributed by atoms with Crippen molar-refractivity contribution in [3.63, 3.8) is 0 Å². The predicted octanol–water partition coefficient (Wildman–Crippen LogP) is 1.54. The van der Waals surface area contributed by atoms with Crippen LogP contribution in [-0.2, 0) is 0 Å². The van der Waals surface area contributed by atoms with Crippen molar-refractivity contribution in [1.82, 2.24) is 4.90 Å². The number of nitrogens with two attached hydrogens (primary N) is 1. The molecule has 1 aliphatic rings. The number of hydrogen-bond donors (Lipinski definition) is 1. The number of benzene rings is 1. The predicted molar refractivity (Wildman–Crippen MR) is 70.7 cm³/mol. The highest BCUT2D eigenvalue weighted by molar-refractivity contribution is 5.98. The standard InChI is InChI=1S/C13H16FN3O3/c1-8-4-9(6-15)7-16(8)13(18)11-5-10(14)2-3-12(11)17(19)20/h2-3,5,8-9H,4,6-7,15H2,1H3. The third-order valence-corrected chi connectivity index (χ3v) is 3.64. The second-order valence-electron chi connectivity index (χ2n) is 5.06. The van der Waals surface area contributed by atoms with Crippen molar-refractivity contribution >= 4 is 11.6 Å². The van der Waals surface area contributed by atoms with Gasteiger partial charge in [-0.2, -0.15) is 0 Å². The Bertz CT molecular complexity index is 550. The molecule has 2 rings (SSSR count). The first-order valence-electron chi connectivity index (χ1n) is 6.39. The van der Waals surface area contributed by atoms with E-state index in [0.29, 0.717) is 13.1 Å². The van der Waals surface area contributed by atoms with Crippen LogP contribution in [0.25, 0.3) is 0 Å². The molecule has 0 aromatic heterocycles. The fourth-order valence-corrected chi connectivity index (χ4v) is 2.59. The van der Waals surface area contributed by atoms with Crippen LogP contribution in [0.3, 0.4) is 0 Å². The molecule has 1 aliphatic heterocycles. The molecular formula is C13H16FN3O3. The summed E-state index contributed by atoms with van der Waals surface area (Å²) in [7, 11) is 0. The Kier molecular flexibility index (Phi) is 3.99. The summed E-state index contributed by atoms with van der Waals surface area (Å²) in [5, 5.41) is 10.9. The lowest BCUT2D eigenvalue weighted by molar-refractivity contribution is -0.385. The van der Waals surface area contributed by atoms with Crippen molar-refractivity contribution in [3.8, 4) is 0 Å². The first kappa shape index (κ1) is 14.4. The molecule has 0 saturated carbocycles. The number of likely N-dealkylation sites (tertiary alicyclic amines) is 1. The summed E-state index contributed by atoms with van der Waals surface area (Å²) in [6.07, 6.45) is 0.755. The number of carbonyl (C=O) groups excluding carboxylic acids is 1. The van der Waals surface area contributed by atoms with E-state index in [9.17, 15) is 19.3 Å². The highest BCUT2D eigenvalue weighted by Crippen LogP contribution is 2.27. The maximum atomic E-state index is 13.3. The fraction of sp³-hybridized carbons (Fsp3) is 0.462. The Balaban J connectivity index is 2.34. The lowest BCUT2D eigenvalue weighted by atomic mass is 10.1. The van der Waals surface area contributed by atoms with Gasteiger partial charge < -0.3 is 10.6 Å². The molecular weight excluding hydrogens is 265 g/mol. The molecule has 1 aromatic rings. The number of amides is 1. The minimum atomic E-state index is -0.673. The molecule has 0 spiro atoms. The van der Waals surface area contributed by atoms with Crippen LogP contribution < -0.4 is 5.73 Å². The maximum absolute atomic E-state index is 13.3. The molecule has 1 fully saturated rings. The van der Waals surface area contributed by atoms with Crippen LogP contribution in [0.1, 0.15) is 23.7 Å². The quantitative estimate of drug-likeness (QED) is 0.672. The molecule has 0 radical (unpaired) electrons. The van der Waals surface area contributed by atoms with Crippen molar-refractivity contribution in [2.45, 2.75) is 19.4 Å². The summed E-state index contributed by atoms with van der Waals surface area (Å²) in [4.78, 5) is 24.2. The van der Waals surface area contributed by atoms with Crippen LogP contribution in [0.2, 0.25) is 0 Å². The number of carbonyl (C=O) groups is 1. The third-order valence-electron chi connectivity index (χ3n) is 3.64. The van der Waals surface area contributed by atoms with Gasteiger partial charge in [0, 0.05) is 18.7 Å². The number of nitro groups is 1. The lowest BCUT2D eigenvalue weighted by Gasteiger charge is -2.21. The lowest BCUT2D eigenvalue weighted by Crippen LogP contribution is -2.34. The third kappa shape index (κ3) is 2.62. The zero-order valence-electron chi connectivity index (χ0n) is 11.1. The van der Waals surface area contributed by atoms with Gasteiger partial charge in [0.25, 0.3) is 11.6 Å². The van der Waals surface area contributed by atoms with E-state index in [0.717, 1.165) is 24.6 Å². The van der Waals surface area contributed by atoms with E-state index in [1.54, 1.807) is 0 Å². The monoisotopic (exact) mass is 281 g/mol. The summed E-state index contributed by atoms with van der Waals surface area (Å²) < 4.78 is 13.3. The molecule has 1 aromatic carbocycles. The second kappa shape index (κ2) is 5.54. The largest absolute Gasteiger partial charge is 0.335 e. The van der Waals surface area contributed by atoms with E-state index in [1.165, 1.54) is 4.90 Å². The molecule has 108 valence electrons. The SMILES string of the molecule is CC1CC(CN)CN1C(=O)c1cc(F)ccc1[N+](=O)[O-]. The van der Waals surface area contributed by atoms with Gasteiger partial charge in [-0.15, -0.1) is 0 Å². The molecule has 2 atom stereocenters. The Morgan fingerprint density at radius 1 is 1.60 bits per heavy atom. The van der Waals surface area contributed by atoms with Gasteiger partial charge in [0.1, 0.15) is 11.4 Å². The smallest absolute Gasteiger partial charge is 0.282 e. The van der Waals surface area contributed by atoms with Gasteiger partial charge >= 0.3 is 0 Å². The van der Waals surface area contributed by atoms with Gasteiger partial charge in [-0.05, 0) is 37.9 Å². The van der Waals surface area contributed by atoms with Gasteiger partial charge in [0.05, 0.1) is 4.92 Å². The van der Waals surface area contributed by atoms with E-state index < -0.39 is 16.6 Å². The Morgan fingerprint density at radius 2 is 2.30 bits per heavy atom. The topological polar surface area (TPSA) is 89.5 Å². The van der Waals surface area contributed by atoms with Crippen LogP contribution in [0.15, 0.2) is 18.2 Å². The molecule has 0 aliphatic carbocycles. The van der Waals surface area contributed by atoms with E-state index in [-0.39, 0.29) is 23.2 Å². The number of hydrogen-bond acceptors (Lipinski definition) is 4. The molecule has 1 amide bonds. The van der Waals surface area contributed by atoms with Gasteiger partial charge in [0.15, 0.2) is 0 Å². The molecule has 2 unspecified atom stereocenters. The van der Waals surface area contributed by atoms with E-state index >= 15 is 0 Å². The van der Waals surface area contributed by atoms with Crippen LogP contribution in [0, 0.1) is 21.8 Å². The second-order valence-corrected chi connectivity index (χ2v) is 5.06. The highest BCUT2D eigenvalue weighted by Gasteiger charge is 2.34. The van der Waals surface area contributed by atoms with Crippen LogP contribution in [0.4, 0.5) is 10.1 Å². The van der Waals surface area contributed by atoms with Crippen molar-refractivity contribution < 1.29 is 14.1 Å². The van der Waals surface area contributed by atoms with Crippen LogP contribution in [-0.4, -0.2) is 34.9 Å². The number of rotatable bonds is 3. The molecule has 7 heteroatoms. The van der Waals surface area contributed by atoms with E-state index in [2.05, 4.69) is 0 Å². The number of nitro benzene ring substituents is 1. The first-order valence-corrected chi connectivity index (χ1v) is 6.39. The molecule has 20 heavy (non-hydrogen) atoms. The normalized spacial score (nSPS) is 22.1. The fourth-order valence-electron chi connectivity index (χ4n) is 2.59. The molecule has 2 N–H and O–H groups in total. The van der Waals surface area contributed by atoms with Crippen molar-refractivity contribution in [2.75, 3.05) is 13.1 Å². The highest BCUT2D eigenvalue weighted by atomic mass is 19.1. The average molecular weight is 281 g/mol. The summed E-state index contributed by atoms with van der Waals surface area (Å²) in [6, 6.07) is 2.86. The zero-order chi connectivity index (χ0) is 14.9. The minimum absolute atomic E-state index is 0.0566. The minimum Gasteiger partial charge on any atom is -0.335 e. The zero-order valence-corrected chi connectivity index (χ0v) is 11.1. The first-order chi connectivity index (χ1) is 9.43. The van der Waals surface area contributed by atoms with Gasteiger partial charge in [-0.3, -0.25) is 14.9 Å². The van der Waals surface area contributed by atoms with Crippen molar-refractivity contribution in [1.29, 1.82) is 0 Å². The van der Waals surface area contributed by atoms with Gasteiger partial charge in [0.2, 0.25) is 0 Å². The van der Waals surface area contributed by atoms with Crippen LogP contribution >= 0.6 is 0 Å². The summed E-state index contributed by atoms with van der Waals surface area (Å²) in [5.74, 6) is -0.998. The molecule has 1 heterocycles. The van der Waals surface area contributed by atoms with E-state index in [4.69, 9.17) is 5.73 Å². The number of nitrogens with zero attached hydrogens (tertiary/aromatic N) is 2. The Labute approximate surface area is 115 Å². The Hall–Kier alpha value is -2.02. The summed E-state index contributed by atoms with van der Waals surface area (Å²) in [6.45, 7) is 2.77. The molecule has 6 nitrogen and oxygen atoms in total. The summed E-state index contributed by atoms with van der Waals surface area (Å²) in [5.41, 5.74) is 5.01. The summed E-state index contributed by atoms with van der Waals surface area (Å²) >= 11 is 0. The molecule has 1 saturated heterocycles. The molecule has 0 bridgehead atoms. The Morgan fingerprint density at radius 3 is 2.85 bits per heavy atom. The van der Waals surface area contributed by atoms with Crippen molar-refractivity contribution in [3.05, 3.63) is 39.7 Å². The maximum Gasteiger partial charge on any atom is 0.282 e. The number of halogens is 1. The average Bonchev–Trinajstić information content (AvgIpc) is 2.78. The van der Waals surface area contributed by atoms with Crippen molar-refractivity contribution in [2.24, 2.45) is 11.7 Å².